The molecule has 0 saturated heterocycles. The van der Waals surface area contributed by atoms with Gasteiger partial charge in [-0.15, -0.1) is 0 Å². The zero-order valence-electron chi connectivity index (χ0n) is 17.1. The van der Waals surface area contributed by atoms with Crippen molar-refractivity contribution < 1.29 is 9.21 Å². The SMILES string of the molecule is CCc1cc(-c2ccccc2C2CC2)ccc1C1CCC(C(=O)c2ccoc2)C1. The van der Waals surface area contributed by atoms with Crippen molar-refractivity contribution in [2.45, 2.75) is 57.3 Å². The molecule has 0 N–H and O–H groups in total. The van der Waals surface area contributed by atoms with Gasteiger partial charge in [0.2, 0.25) is 0 Å². The summed E-state index contributed by atoms with van der Waals surface area (Å²) in [4.78, 5) is 12.7. The van der Waals surface area contributed by atoms with Gasteiger partial charge >= 0.3 is 0 Å². The predicted octanol–water partition coefficient (Wildman–Crippen LogP) is 7.15. The average Bonchev–Trinajstić information content (AvgIpc) is 3.26. The Morgan fingerprint density at radius 2 is 1.79 bits per heavy atom. The lowest BCUT2D eigenvalue weighted by Gasteiger charge is -2.18. The Labute approximate surface area is 173 Å². The molecule has 5 rings (SSSR count). The molecule has 0 bridgehead atoms. The topological polar surface area (TPSA) is 30.2 Å². The summed E-state index contributed by atoms with van der Waals surface area (Å²) < 4.78 is 5.11. The van der Waals surface area contributed by atoms with E-state index < -0.39 is 0 Å². The largest absolute Gasteiger partial charge is 0.472 e. The van der Waals surface area contributed by atoms with Crippen molar-refractivity contribution in [1.82, 2.24) is 0 Å². The third-order valence-corrected chi connectivity index (χ3v) is 6.86. The number of rotatable bonds is 6. The van der Waals surface area contributed by atoms with E-state index in [-0.39, 0.29) is 11.7 Å². The molecule has 2 aliphatic carbocycles. The maximum Gasteiger partial charge on any atom is 0.169 e. The van der Waals surface area contributed by atoms with Crippen molar-refractivity contribution in [3.8, 4) is 11.1 Å². The first-order chi connectivity index (χ1) is 14.2. The van der Waals surface area contributed by atoms with E-state index in [0.29, 0.717) is 5.92 Å². The van der Waals surface area contributed by atoms with Crippen molar-refractivity contribution in [3.05, 3.63) is 83.3 Å². The lowest BCUT2D eigenvalue weighted by atomic mass is 9.87. The summed E-state index contributed by atoms with van der Waals surface area (Å²) in [5.74, 6) is 1.60. The fourth-order valence-electron chi connectivity index (χ4n) is 5.13. The number of furan rings is 1. The van der Waals surface area contributed by atoms with Gasteiger partial charge < -0.3 is 4.42 Å². The maximum atomic E-state index is 12.7. The molecule has 2 fully saturated rings. The first-order valence-corrected chi connectivity index (χ1v) is 11.0. The molecule has 0 radical (unpaired) electrons. The third kappa shape index (κ3) is 3.57. The van der Waals surface area contributed by atoms with E-state index in [0.717, 1.165) is 37.2 Å². The molecular formula is C27H28O2. The van der Waals surface area contributed by atoms with Gasteiger partial charge in [0, 0.05) is 5.92 Å². The molecule has 0 amide bonds. The number of hydrogen-bond donors (Lipinski definition) is 0. The molecule has 1 heterocycles. The van der Waals surface area contributed by atoms with Crippen molar-refractivity contribution >= 4 is 5.78 Å². The third-order valence-electron chi connectivity index (χ3n) is 6.86. The van der Waals surface area contributed by atoms with Crippen LogP contribution in [0.4, 0.5) is 0 Å². The van der Waals surface area contributed by atoms with Crippen LogP contribution in [0, 0.1) is 5.92 Å². The molecular weight excluding hydrogens is 356 g/mol. The molecule has 2 aromatic carbocycles. The van der Waals surface area contributed by atoms with Gasteiger partial charge in [-0.2, -0.15) is 0 Å². The van der Waals surface area contributed by atoms with E-state index in [2.05, 4.69) is 49.4 Å². The molecule has 2 heteroatoms. The number of benzene rings is 2. The molecule has 1 aromatic heterocycles. The van der Waals surface area contributed by atoms with Crippen LogP contribution >= 0.6 is 0 Å². The highest BCUT2D eigenvalue weighted by atomic mass is 16.3. The minimum absolute atomic E-state index is 0.123. The number of Topliss-reactive ketones (excluding diaryl/α,β-unsaturated/α-hetero) is 1. The van der Waals surface area contributed by atoms with Gasteiger partial charge in [-0.1, -0.05) is 49.4 Å². The fourth-order valence-corrected chi connectivity index (χ4v) is 5.13. The highest BCUT2D eigenvalue weighted by molar-refractivity contribution is 5.97. The van der Waals surface area contributed by atoms with Crippen LogP contribution in [-0.4, -0.2) is 5.78 Å². The summed E-state index contributed by atoms with van der Waals surface area (Å²) >= 11 is 0. The summed E-state index contributed by atoms with van der Waals surface area (Å²) in [7, 11) is 0. The molecule has 0 spiro atoms. The van der Waals surface area contributed by atoms with Crippen molar-refractivity contribution in [2.75, 3.05) is 0 Å². The fraction of sp³-hybridized carbons (Fsp3) is 0.370. The van der Waals surface area contributed by atoms with Gasteiger partial charge in [0.1, 0.15) is 6.26 Å². The smallest absolute Gasteiger partial charge is 0.169 e. The minimum Gasteiger partial charge on any atom is -0.472 e. The van der Waals surface area contributed by atoms with Crippen LogP contribution in [0.15, 0.2) is 65.5 Å². The molecule has 3 aromatic rings. The van der Waals surface area contributed by atoms with Crippen molar-refractivity contribution in [2.24, 2.45) is 5.92 Å². The Bertz CT molecular complexity index is 1010. The molecule has 2 aliphatic rings. The first kappa shape index (κ1) is 18.4. The van der Waals surface area contributed by atoms with E-state index in [1.807, 2.05) is 0 Å². The quantitative estimate of drug-likeness (QED) is 0.422. The number of ketones is 1. The van der Waals surface area contributed by atoms with Gasteiger partial charge in [-0.3, -0.25) is 4.79 Å². The van der Waals surface area contributed by atoms with Crippen LogP contribution in [0.5, 0.6) is 0 Å². The van der Waals surface area contributed by atoms with Crippen LogP contribution in [0.3, 0.4) is 0 Å². The first-order valence-electron chi connectivity index (χ1n) is 11.0. The second kappa shape index (κ2) is 7.67. The Balaban J connectivity index is 1.40. The molecule has 2 atom stereocenters. The van der Waals surface area contributed by atoms with Crippen LogP contribution in [0.1, 0.15) is 77.9 Å². The Morgan fingerprint density at radius 1 is 0.966 bits per heavy atom. The highest BCUT2D eigenvalue weighted by Gasteiger charge is 2.32. The minimum atomic E-state index is 0.123. The molecule has 29 heavy (non-hydrogen) atoms. The summed E-state index contributed by atoms with van der Waals surface area (Å²) in [6, 6.07) is 17.7. The molecule has 148 valence electrons. The van der Waals surface area contributed by atoms with E-state index in [4.69, 9.17) is 4.42 Å². The van der Waals surface area contributed by atoms with Crippen molar-refractivity contribution in [3.63, 3.8) is 0 Å². The summed E-state index contributed by atoms with van der Waals surface area (Å²) in [5.41, 5.74) is 7.86. The van der Waals surface area contributed by atoms with Crippen molar-refractivity contribution in [1.29, 1.82) is 0 Å². The van der Waals surface area contributed by atoms with Crippen LogP contribution in [0.2, 0.25) is 0 Å². The van der Waals surface area contributed by atoms with E-state index >= 15 is 0 Å². The summed E-state index contributed by atoms with van der Waals surface area (Å²) in [5, 5.41) is 0. The van der Waals surface area contributed by atoms with E-state index in [9.17, 15) is 4.79 Å². The Morgan fingerprint density at radius 3 is 2.55 bits per heavy atom. The van der Waals surface area contributed by atoms with Gasteiger partial charge in [-0.25, -0.2) is 0 Å². The van der Waals surface area contributed by atoms with Gasteiger partial charge in [-0.05, 0) is 84.2 Å². The molecule has 2 saturated carbocycles. The normalized spacial score (nSPS) is 21.4. The summed E-state index contributed by atoms with van der Waals surface area (Å²) in [6.07, 6.45) is 9.88. The molecule has 0 aliphatic heterocycles. The van der Waals surface area contributed by atoms with Gasteiger partial charge in [0.05, 0.1) is 11.8 Å². The zero-order chi connectivity index (χ0) is 19.8. The van der Waals surface area contributed by atoms with Gasteiger partial charge in [0.25, 0.3) is 0 Å². The second-order valence-corrected chi connectivity index (χ2v) is 8.71. The standard InChI is InChI=1S/C27H28O2/c1-2-18-15-21(26-6-4-3-5-25(26)19-7-8-19)11-12-24(18)20-9-10-22(16-20)27(28)23-13-14-29-17-23/h3-6,11-15,17,19-20,22H,2,7-10,16H2,1H3. The lowest BCUT2D eigenvalue weighted by Crippen LogP contribution is -2.11. The monoisotopic (exact) mass is 384 g/mol. The summed E-state index contributed by atoms with van der Waals surface area (Å²) in [6.45, 7) is 2.25. The molecule has 2 nitrogen and oxygen atoms in total. The average molecular weight is 385 g/mol. The lowest BCUT2D eigenvalue weighted by molar-refractivity contribution is 0.0921. The Hall–Kier alpha value is -2.61. The van der Waals surface area contributed by atoms with Gasteiger partial charge in [0.15, 0.2) is 5.78 Å². The van der Waals surface area contributed by atoms with Crippen LogP contribution < -0.4 is 0 Å². The molecule has 2 unspecified atom stereocenters. The zero-order valence-corrected chi connectivity index (χ0v) is 17.1. The second-order valence-electron chi connectivity index (χ2n) is 8.71. The Kier molecular flexibility index (Phi) is 4.87. The van der Waals surface area contributed by atoms with Crippen LogP contribution in [-0.2, 0) is 6.42 Å². The number of aryl methyl sites for hydroxylation is 1. The van der Waals surface area contributed by atoms with E-state index in [1.165, 1.54) is 40.7 Å². The predicted molar refractivity (Wildman–Crippen MR) is 116 cm³/mol. The number of carbonyl (C=O) groups is 1. The van der Waals surface area contributed by atoms with E-state index in [1.54, 1.807) is 18.6 Å². The number of carbonyl (C=O) groups excluding carboxylic acids is 1. The maximum absolute atomic E-state index is 12.7. The van der Waals surface area contributed by atoms with Crippen LogP contribution in [0.25, 0.3) is 11.1 Å². The number of hydrogen-bond acceptors (Lipinski definition) is 2. The highest BCUT2D eigenvalue weighted by Crippen LogP contribution is 2.45.